The SMILES string of the molecule is Nc1ccc(SCC(O)CO)c(Cl)c1. The first-order valence-corrected chi connectivity index (χ1v) is 5.46. The minimum atomic E-state index is -0.714. The molecule has 0 heterocycles. The number of rotatable bonds is 4. The number of benzene rings is 1. The molecule has 14 heavy (non-hydrogen) atoms. The highest BCUT2D eigenvalue weighted by Crippen LogP contribution is 2.29. The van der Waals surface area contributed by atoms with Crippen molar-refractivity contribution in [1.82, 2.24) is 0 Å². The van der Waals surface area contributed by atoms with E-state index in [1.54, 1.807) is 18.2 Å². The first kappa shape index (κ1) is 11.7. The number of halogens is 1. The van der Waals surface area contributed by atoms with Gasteiger partial charge < -0.3 is 15.9 Å². The van der Waals surface area contributed by atoms with E-state index in [4.69, 9.17) is 27.5 Å². The van der Waals surface area contributed by atoms with E-state index in [9.17, 15) is 0 Å². The van der Waals surface area contributed by atoms with Gasteiger partial charge >= 0.3 is 0 Å². The summed E-state index contributed by atoms with van der Waals surface area (Å²) in [5.41, 5.74) is 6.14. The average molecular weight is 234 g/mol. The van der Waals surface area contributed by atoms with Crippen LogP contribution in [-0.4, -0.2) is 28.7 Å². The normalized spacial score (nSPS) is 12.8. The van der Waals surface area contributed by atoms with E-state index in [0.29, 0.717) is 16.5 Å². The van der Waals surface area contributed by atoms with Gasteiger partial charge in [-0.05, 0) is 18.2 Å². The highest BCUT2D eigenvalue weighted by molar-refractivity contribution is 7.99. The van der Waals surface area contributed by atoms with Gasteiger partial charge in [0.2, 0.25) is 0 Å². The summed E-state index contributed by atoms with van der Waals surface area (Å²) in [5, 5.41) is 18.3. The van der Waals surface area contributed by atoms with Crippen LogP contribution in [0.15, 0.2) is 23.1 Å². The Hall–Kier alpha value is -0.420. The van der Waals surface area contributed by atoms with Crippen molar-refractivity contribution in [3.63, 3.8) is 0 Å². The molecule has 0 aliphatic rings. The number of nitrogen functional groups attached to an aromatic ring is 1. The molecule has 0 aliphatic heterocycles. The molecule has 0 spiro atoms. The highest BCUT2D eigenvalue weighted by Gasteiger charge is 2.05. The second kappa shape index (κ2) is 5.46. The van der Waals surface area contributed by atoms with Crippen LogP contribution in [-0.2, 0) is 0 Å². The molecule has 1 aromatic carbocycles. The Morgan fingerprint density at radius 2 is 2.21 bits per heavy atom. The fraction of sp³-hybridized carbons (Fsp3) is 0.333. The van der Waals surface area contributed by atoms with Gasteiger partial charge in [0.25, 0.3) is 0 Å². The molecule has 1 atom stereocenters. The van der Waals surface area contributed by atoms with Crippen LogP contribution < -0.4 is 5.73 Å². The summed E-state index contributed by atoms with van der Waals surface area (Å²) in [5.74, 6) is 0.417. The molecular formula is C9H12ClNO2S. The third-order valence-corrected chi connectivity index (χ3v) is 3.24. The third kappa shape index (κ3) is 3.38. The predicted molar refractivity (Wildman–Crippen MR) is 59.7 cm³/mol. The topological polar surface area (TPSA) is 66.5 Å². The minimum absolute atomic E-state index is 0.237. The Morgan fingerprint density at radius 3 is 2.79 bits per heavy atom. The smallest absolute Gasteiger partial charge is 0.0864 e. The molecule has 1 unspecified atom stereocenters. The second-order valence-electron chi connectivity index (χ2n) is 2.84. The van der Waals surface area contributed by atoms with E-state index in [1.807, 2.05) is 0 Å². The van der Waals surface area contributed by atoms with Gasteiger partial charge in [-0.2, -0.15) is 0 Å². The largest absolute Gasteiger partial charge is 0.399 e. The van der Waals surface area contributed by atoms with Crippen molar-refractivity contribution in [2.24, 2.45) is 0 Å². The zero-order valence-electron chi connectivity index (χ0n) is 7.48. The summed E-state index contributed by atoms with van der Waals surface area (Å²) in [4.78, 5) is 0.855. The molecule has 0 fully saturated rings. The summed E-state index contributed by atoms with van der Waals surface area (Å²) in [6.45, 7) is -0.237. The van der Waals surface area contributed by atoms with E-state index >= 15 is 0 Å². The fourth-order valence-corrected chi connectivity index (χ4v) is 2.06. The summed E-state index contributed by atoms with van der Waals surface area (Å²) in [6, 6.07) is 5.21. The summed E-state index contributed by atoms with van der Waals surface area (Å²) < 4.78 is 0. The van der Waals surface area contributed by atoms with Crippen molar-refractivity contribution in [2.75, 3.05) is 18.1 Å². The standard InChI is InChI=1S/C9H12ClNO2S/c10-8-3-6(11)1-2-9(8)14-5-7(13)4-12/h1-3,7,12-13H,4-5,11H2. The maximum atomic E-state index is 9.13. The van der Waals surface area contributed by atoms with Crippen molar-refractivity contribution in [2.45, 2.75) is 11.0 Å². The molecule has 0 saturated heterocycles. The van der Waals surface area contributed by atoms with Gasteiger partial charge in [0.15, 0.2) is 0 Å². The van der Waals surface area contributed by atoms with Crippen molar-refractivity contribution in [3.05, 3.63) is 23.2 Å². The van der Waals surface area contributed by atoms with E-state index < -0.39 is 6.10 Å². The van der Waals surface area contributed by atoms with E-state index in [2.05, 4.69) is 0 Å². The first-order chi connectivity index (χ1) is 6.63. The number of hydrogen-bond acceptors (Lipinski definition) is 4. The molecule has 0 aromatic heterocycles. The molecule has 0 amide bonds. The Labute approximate surface area is 91.9 Å². The van der Waals surface area contributed by atoms with Gasteiger partial charge in [0.05, 0.1) is 17.7 Å². The Kier molecular flexibility index (Phi) is 4.54. The molecule has 3 nitrogen and oxygen atoms in total. The van der Waals surface area contributed by atoms with E-state index in [1.165, 1.54) is 11.8 Å². The summed E-state index contributed by atoms with van der Waals surface area (Å²) in [6.07, 6.45) is -0.714. The molecule has 78 valence electrons. The number of hydrogen-bond donors (Lipinski definition) is 3. The number of thioether (sulfide) groups is 1. The molecule has 1 aromatic rings. The Morgan fingerprint density at radius 1 is 1.50 bits per heavy atom. The Bertz CT molecular complexity index is 309. The van der Waals surface area contributed by atoms with E-state index in [0.717, 1.165) is 4.90 Å². The van der Waals surface area contributed by atoms with Gasteiger partial charge in [-0.3, -0.25) is 0 Å². The van der Waals surface area contributed by atoms with Crippen LogP contribution >= 0.6 is 23.4 Å². The number of anilines is 1. The van der Waals surface area contributed by atoms with Gasteiger partial charge in [0, 0.05) is 16.3 Å². The van der Waals surface area contributed by atoms with Gasteiger partial charge in [-0.1, -0.05) is 11.6 Å². The minimum Gasteiger partial charge on any atom is -0.399 e. The Balaban J connectivity index is 2.59. The zero-order chi connectivity index (χ0) is 10.6. The monoisotopic (exact) mass is 233 g/mol. The third-order valence-electron chi connectivity index (χ3n) is 1.60. The van der Waals surface area contributed by atoms with Crippen molar-refractivity contribution in [3.8, 4) is 0 Å². The van der Waals surface area contributed by atoms with Crippen LogP contribution in [0.25, 0.3) is 0 Å². The van der Waals surface area contributed by atoms with Gasteiger partial charge in [-0.15, -0.1) is 11.8 Å². The van der Waals surface area contributed by atoms with Crippen LogP contribution in [0.5, 0.6) is 0 Å². The van der Waals surface area contributed by atoms with Crippen molar-refractivity contribution in [1.29, 1.82) is 0 Å². The summed E-state index contributed by atoms with van der Waals surface area (Å²) in [7, 11) is 0. The van der Waals surface area contributed by atoms with Crippen LogP contribution in [0.4, 0.5) is 5.69 Å². The lowest BCUT2D eigenvalue weighted by Gasteiger charge is -2.08. The maximum absolute atomic E-state index is 9.13. The van der Waals surface area contributed by atoms with Crippen LogP contribution in [0.2, 0.25) is 5.02 Å². The highest BCUT2D eigenvalue weighted by atomic mass is 35.5. The zero-order valence-corrected chi connectivity index (χ0v) is 9.05. The predicted octanol–water partition coefficient (Wildman–Crippen LogP) is 1.37. The second-order valence-corrected chi connectivity index (χ2v) is 4.31. The lowest BCUT2D eigenvalue weighted by Crippen LogP contribution is -2.14. The molecule has 1 rings (SSSR count). The van der Waals surface area contributed by atoms with Crippen LogP contribution in [0.3, 0.4) is 0 Å². The van der Waals surface area contributed by atoms with Gasteiger partial charge in [0.1, 0.15) is 0 Å². The number of nitrogens with two attached hydrogens (primary N) is 1. The number of aliphatic hydroxyl groups excluding tert-OH is 2. The quantitative estimate of drug-likeness (QED) is 0.543. The van der Waals surface area contributed by atoms with Gasteiger partial charge in [-0.25, -0.2) is 0 Å². The molecule has 4 N–H and O–H groups in total. The average Bonchev–Trinajstić information content (AvgIpc) is 2.16. The fourth-order valence-electron chi connectivity index (χ4n) is 0.873. The molecule has 0 radical (unpaired) electrons. The lowest BCUT2D eigenvalue weighted by molar-refractivity contribution is 0.113. The molecule has 0 saturated carbocycles. The summed E-state index contributed by atoms with van der Waals surface area (Å²) >= 11 is 7.30. The van der Waals surface area contributed by atoms with E-state index in [-0.39, 0.29) is 6.61 Å². The van der Waals surface area contributed by atoms with Crippen LogP contribution in [0, 0.1) is 0 Å². The van der Waals surface area contributed by atoms with Crippen molar-refractivity contribution < 1.29 is 10.2 Å². The molecule has 5 heteroatoms. The maximum Gasteiger partial charge on any atom is 0.0864 e. The lowest BCUT2D eigenvalue weighted by atomic mass is 10.3. The number of aliphatic hydroxyl groups is 2. The first-order valence-electron chi connectivity index (χ1n) is 4.10. The molecule has 0 bridgehead atoms. The van der Waals surface area contributed by atoms with Crippen molar-refractivity contribution >= 4 is 29.1 Å². The van der Waals surface area contributed by atoms with Crippen LogP contribution in [0.1, 0.15) is 0 Å². The molecule has 0 aliphatic carbocycles. The molecular weight excluding hydrogens is 222 g/mol.